The zero-order valence-corrected chi connectivity index (χ0v) is 13.8. The number of thioether (sulfide) groups is 1. The van der Waals surface area contributed by atoms with Crippen molar-refractivity contribution in [2.45, 2.75) is 11.5 Å². The number of carbonyl (C=O) groups excluding carboxylic acids is 1. The number of nitro benzene ring substituents is 1. The van der Waals surface area contributed by atoms with E-state index in [0.29, 0.717) is 4.90 Å². The molecule has 0 N–H and O–H groups in total. The molecule has 0 aliphatic rings. The number of ether oxygens (including phenoxy) is 1. The summed E-state index contributed by atoms with van der Waals surface area (Å²) in [5.74, 6) is -0.382. The lowest BCUT2D eigenvalue weighted by Crippen LogP contribution is -2.07. The van der Waals surface area contributed by atoms with Crippen LogP contribution in [0.2, 0.25) is 0 Å². The van der Waals surface area contributed by atoms with E-state index in [4.69, 9.17) is 4.74 Å². The first kappa shape index (κ1) is 16.5. The molecule has 2 aromatic carbocycles. The van der Waals surface area contributed by atoms with Crippen LogP contribution in [-0.4, -0.2) is 16.6 Å². The normalized spacial score (nSPS) is 10.2. The second-order valence-electron chi connectivity index (χ2n) is 4.30. The van der Waals surface area contributed by atoms with Gasteiger partial charge in [-0.05, 0) is 23.8 Å². The Hall–Kier alpha value is -1.86. The number of esters is 1. The van der Waals surface area contributed by atoms with Gasteiger partial charge in [0.05, 0.1) is 15.6 Å². The molecule has 0 atom stereocenters. The molecule has 0 spiro atoms. The lowest BCUT2D eigenvalue weighted by Gasteiger charge is -2.05. The lowest BCUT2D eigenvalue weighted by atomic mass is 10.2. The number of halogens is 1. The summed E-state index contributed by atoms with van der Waals surface area (Å²) in [4.78, 5) is 22.6. The number of carbonyl (C=O) groups is 1. The van der Waals surface area contributed by atoms with Crippen LogP contribution < -0.4 is 0 Å². The molecule has 0 unspecified atom stereocenters. The molecule has 0 aliphatic heterocycles. The predicted octanol–water partition coefficient (Wildman–Crippen LogP) is 4.19. The van der Waals surface area contributed by atoms with Crippen molar-refractivity contribution in [2.75, 3.05) is 5.75 Å². The van der Waals surface area contributed by atoms with E-state index < -0.39 is 10.9 Å². The Morgan fingerprint density at radius 1 is 1.18 bits per heavy atom. The molecule has 22 heavy (non-hydrogen) atoms. The summed E-state index contributed by atoms with van der Waals surface area (Å²) in [6.07, 6.45) is 0. The van der Waals surface area contributed by atoms with Crippen LogP contribution in [0.3, 0.4) is 0 Å². The Kier molecular flexibility index (Phi) is 5.97. The monoisotopic (exact) mass is 381 g/mol. The van der Waals surface area contributed by atoms with Gasteiger partial charge in [-0.25, -0.2) is 0 Å². The summed E-state index contributed by atoms with van der Waals surface area (Å²) in [5, 5.41) is 10.9. The highest BCUT2D eigenvalue weighted by molar-refractivity contribution is 9.10. The van der Waals surface area contributed by atoms with Crippen LogP contribution in [0.25, 0.3) is 0 Å². The second-order valence-corrected chi connectivity index (χ2v) is 6.23. The van der Waals surface area contributed by atoms with E-state index in [9.17, 15) is 14.9 Å². The topological polar surface area (TPSA) is 69.4 Å². The first-order chi connectivity index (χ1) is 10.6. The number of nitrogens with zero attached hydrogens (tertiary/aromatic N) is 1. The van der Waals surface area contributed by atoms with Gasteiger partial charge in [0, 0.05) is 10.5 Å². The Labute approximate surface area is 140 Å². The van der Waals surface area contributed by atoms with E-state index in [-0.39, 0.29) is 18.0 Å². The van der Waals surface area contributed by atoms with Gasteiger partial charge >= 0.3 is 5.97 Å². The van der Waals surface area contributed by atoms with Gasteiger partial charge in [-0.1, -0.05) is 40.2 Å². The molecule has 0 fully saturated rings. The minimum absolute atomic E-state index is 0.00629. The fourth-order valence-electron chi connectivity index (χ4n) is 1.65. The number of hydrogen-bond acceptors (Lipinski definition) is 5. The third-order valence-electron chi connectivity index (χ3n) is 2.72. The quantitative estimate of drug-likeness (QED) is 0.324. The maximum absolute atomic E-state index is 11.7. The number of rotatable bonds is 6. The van der Waals surface area contributed by atoms with E-state index in [1.807, 2.05) is 24.3 Å². The van der Waals surface area contributed by atoms with Gasteiger partial charge in [0.25, 0.3) is 5.69 Å². The first-order valence-electron chi connectivity index (χ1n) is 6.32. The highest BCUT2D eigenvalue weighted by Crippen LogP contribution is 2.28. The van der Waals surface area contributed by atoms with Crippen LogP contribution in [0.15, 0.2) is 57.9 Å². The number of nitro groups is 1. The molecule has 0 heterocycles. The molecule has 0 bridgehead atoms. The summed E-state index contributed by atoms with van der Waals surface area (Å²) >= 11 is 4.43. The average Bonchev–Trinajstić information content (AvgIpc) is 2.52. The highest BCUT2D eigenvalue weighted by Gasteiger charge is 2.14. The van der Waals surface area contributed by atoms with Crippen molar-refractivity contribution in [3.05, 3.63) is 68.7 Å². The van der Waals surface area contributed by atoms with Crippen LogP contribution >= 0.6 is 27.7 Å². The van der Waals surface area contributed by atoms with Crippen LogP contribution in [0.5, 0.6) is 0 Å². The Morgan fingerprint density at radius 2 is 1.86 bits per heavy atom. The van der Waals surface area contributed by atoms with Crippen LogP contribution in [0.4, 0.5) is 5.69 Å². The van der Waals surface area contributed by atoms with Crippen LogP contribution in [0.1, 0.15) is 5.56 Å². The summed E-state index contributed by atoms with van der Waals surface area (Å²) in [5.41, 5.74) is 0.875. The SMILES string of the molecule is O=C(CSc1ccccc1[N+](=O)[O-])OCc1ccc(Br)cc1. The molecule has 0 amide bonds. The lowest BCUT2D eigenvalue weighted by molar-refractivity contribution is -0.387. The zero-order chi connectivity index (χ0) is 15.9. The van der Waals surface area contributed by atoms with Crippen molar-refractivity contribution in [3.63, 3.8) is 0 Å². The van der Waals surface area contributed by atoms with Crippen molar-refractivity contribution < 1.29 is 14.5 Å². The van der Waals surface area contributed by atoms with E-state index in [0.717, 1.165) is 21.8 Å². The molecule has 0 saturated heterocycles. The van der Waals surface area contributed by atoms with E-state index in [1.54, 1.807) is 18.2 Å². The first-order valence-corrected chi connectivity index (χ1v) is 8.10. The molecule has 7 heteroatoms. The standard InChI is InChI=1S/C15H12BrNO4S/c16-12-7-5-11(6-8-12)9-21-15(18)10-22-14-4-2-1-3-13(14)17(19)20/h1-8H,9-10H2. The van der Waals surface area contributed by atoms with Crippen molar-refractivity contribution in [1.82, 2.24) is 0 Å². The molecule has 2 rings (SSSR count). The Balaban J connectivity index is 1.85. The molecule has 0 radical (unpaired) electrons. The Morgan fingerprint density at radius 3 is 2.55 bits per heavy atom. The zero-order valence-electron chi connectivity index (χ0n) is 11.4. The summed E-state index contributed by atoms with van der Waals surface area (Å²) < 4.78 is 6.10. The van der Waals surface area contributed by atoms with E-state index in [1.165, 1.54) is 6.07 Å². The van der Waals surface area contributed by atoms with Gasteiger partial charge in [-0.15, -0.1) is 11.8 Å². The third-order valence-corrected chi connectivity index (χ3v) is 4.29. The minimum Gasteiger partial charge on any atom is -0.460 e. The predicted molar refractivity (Wildman–Crippen MR) is 87.8 cm³/mol. The van der Waals surface area contributed by atoms with Crippen molar-refractivity contribution >= 4 is 39.3 Å². The molecule has 0 aromatic heterocycles. The fourth-order valence-corrected chi connectivity index (χ4v) is 2.74. The summed E-state index contributed by atoms with van der Waals surface area (Å²) in [6.45, 7) is 0.184. The smallest absolute Gasteiger partial charge is 0.316 e. The summed E-state index contributed by atoms with van der Waals surface area (Å²) in [7, 11) is 0. The molecular formula is C15H12BrNO4S. The molecule has 114 valence electrons. The maximum atomic E-state index is 11.7. The van der Waals surface area contributed by atoms with Gasteiger partial charge in [0.15, 0.2) is 0 Å². The highest BCUT2D eigenvalue weighted by atomic mass is 79.9. The van der Waals surface area contributed by atoms with Crippen LogP contribution in [0, 0.1) is 10.1 Å². The van der Waals surface area contributed by atoms with Gasteiger partial charge in [-0.3, -0.25) is 14.9 Å². The minimum atomic E-state index is -0.463. The largest absolute Gasteiger partial charge is 0.460 e. The Bertz CT molecular complexity index is 675. The molecule has 0 aliphatic carbocycles. The van der Waals surface area contributed by atoms with Gasteiger partial charge < -0.3 is 4.74 Å². The summed E-state index contributed by atoms with van der Waals surface area (Å²) in [6, 6.07) is 13.8. The van der Waals surface area contributed by atoms with Crippen molar-refractivity contribution in [1.29, 1.82) is 0 Å². The fraction of sp³-hybridized carbons (Fsp3) is 0.133. The number of hydrogen-bond donors (Lipinski definition) is 0. The van der Waals surface area contributed by atoms with Crippen molar-refractivity contribution in [3.8, 4) is 0 Å². The molecule has 5 nitrogen and oxygen atoms in total. The molecule has 2 aromatic rings. The number of para-hydroxylation sites is 1. The third kappa shape index (κ3) is 4.85. The average molecular weight is 382 g/mol. The van der Waals surface area contributed by atoms with Gasteiger partial charge in [0.1, 0.15) is 6.61 Å². The van der Waals surface area contributed by atoms with Crippen LogP contribution in [-0.2, 0) is 16.1 Å². The van der Waals surface area contributed by atoms with E-state index in [2.05, 4.69) is 15.9 Å². The van der Waals surface area contributed by atoms with Gasteiger partial charge in [0.2, 0.25) is 0 Å². The molecular weight excluding hydrogens is 370 g/mol. The maximum Gasteiger partial charge on any atom is 0.316 e. The van der Waals surface area contributed by atoms with E-state index >= 15 is 0 Å². The van der Waals surface area contributed by atoms with Crippen molar-refractivity contribution in [2.24, 2.45) is 0 Å². The number of benzene rings is 2. The van der Waals surface area contributed by atoms with Gasteiger partial charge in [-0.2, -0.15) is 0 Å². The molecule has 0 saturated carbocycles. The second kappa shape index (κ2) is 7.95.